The van der Waals surface area contributed by atoms with Gasteiger partial charge in [0.2, 0.25) is 10.9 Å². The van der Waals surface area contributed by atoms with Crippen LogP contribution in [-0.2, 0) is 25.6 Å². The normalized spacial score (nSPS) is 10.8. The molecule has 6 aromatic rings. The van der Waals surface area contributed by atoms with E-state index in [2.05, 4.69) is 15.5 Å². The van der Waals surface area contributed by atoms with Gasteiger partial charge in [-0.3, -0.25) is 0 Å². The van der Waals surface area contributed by atoms with Crippen molar-refractivity contribution in [1.82, 2.24) is 20.2 Å². The van der Waals surface area contributed by atoms with Crippen LogP contribution in [-0.4, -0.2) is 20.2 Å². The van der Waals surface area contributed by atoms with Crippen molar-refractivity contribution >= 4 is 11.8 Å². The number of hydrogen-bond acceptors (Lipinski definition) is 7. The molecular weight excluding hydrogens is 556 g/mol. The van der Waals surface area contributed by atoms with Crippen molar-refractivity contribution < 1.29 is 14.2 Å². The van der Waals surface area contributed by atoms with Crippen LogP contribution in [0.4, 0.5) is 0 Å². The van der Waals surface area contributed by atoms with Crippen molar-refractivity contribution in [3.05, 3.63) is 156 Å². The summed E-state index contributed by atoms with van der Waals surface area (Å²) in [7, 11) is 0. The first-order chi connectivity index (χ1) is 21.3. The first-order valence-corrected chi connectivity index (χ1v) is 14.9. The lowest BCUT2D eigenvalue weighted by Crippen LogP contribution is -2.05. The van der Waals surface area contributed by atoms with Gasteiger partial charge < -0.3 is 14.2 Å². The predicted octanol–water partition coefficient (Wildman–Crippen LogP) is 7.69. The maximum absolute atomic E-state index is 6.42. The van der Waals surface area contributed by atoms with Gasteiger partial charge in [-0.05, 0) is 56.9 Å². The molecule has 6 rings (SSSR count). The number of rotatable bonds is 13. The summed E-state index contributed by atoms with van der Waals surface area (Å²) in [6.07, 6.45) is 0. The summed E-state index contributed by atoms with van der Waals surface area (Å²) in [5.41, 5.74) is 5.07. The summed E-state index contributed by atoms with van der Waals surface area (Å²) in [4.78, 5) is 0. The Hall–Kier alpha value is -5.08. The van der Waals surface area contributed by atoms with Crippen LogP contribution in [0.1, 0.15) is 22.3 Å². The van der Waals surface area contributed by atoms with E-state index in [0.29, 0.717) is 48.0 Å². The van der Waals surface area contributed by atoms with E-state index in [1.54, 1.807) is 4.68 Å². The highest BCUT2D eigenvalue weighted by molar-refractivity contribution is 7.98. The van der Waals surface area contributed by atoms with E-state index >= 15 is 0 Å². The first kappa shape index (κ1) is 28.1. The highest BCUT2D eigenvalue weighted by Gasteiger charge is 2.18. The van der Waals surface area contributed by atoms with Crippen molar-refractivity contribution in [2.24, 2.45) is 0 Å². The van der Waals surface area contributed by atoms with Crippen molar-refractivity contribution in [1.29, 1.82) is 0 Å². The summed E-state index contributed by atoms with van der Waals surface area (Å²) >= 11 is 1.54. The van der Waals surface area contributed by atoms with E-state index < -0.39 is 0 Å². The summed E-state index contributed by atoms with van der Waals surface area (Å²) in [5, 5.41) is 13.1. The van der Waals surface area contributed by atoms with E-state index in [9.17, 15) is 0 Å². The second kappa shape index (κ2) is 14.2. The number of hydrogen-bond donors (Lipinski definition) is 0. The topological polar surface area (TPSA) is 71.3 Å². The molecule has 0 bridgehead atoms. The highest BCUT2D eigenvalue weighted by atomic mass is 32.2. The SMILES string of the molecule is c1ccc(COc2cc(CSc3nnnn3-c3ccccc3)cc(OCc3ccccc3)c2OCc2ccccc2)cc1. The molecule has 7 nitrogen and oxygen atoms in total. The Balaban J connectivity index is 1.31. The lowest BCUT2D eigenvalue weighted by molar-refractivity contribution is 0.230. The minimum Gasteiger partial charge on any atom is -0.485 e. The minimum atomic E-state index is 0.379. The summed E-state index contributed by atoms with van der Waals surface area (Å²) in [6, 6.07) is 44.1. The lowest BCUT2D eigenvalue weighted by atomic mass is 10.2. The fourth-order valence-corrected chi connectivity index (χ4v) is 5.24. The van der Waals surface area contributed by atoms with Crippen LogP contribution in [0.2, 0.25) is 0 Å². The van der Waals surface area contributed by atoms with Crippen LogP contribution in [0, 0.1) is 0 Å². The van der Waals surface area contributed by atoms with E-state index in [-0.39, 0.29) is 0 Å². The number of ether oxygens (including phenoxy) is 3. The fraction of sp³-hybridized carbons (Fsp3) is 0.114. The molecule has 0 atom stereocenters. The van der Waals surface area contributed by atoms with Crippen LogP contribution < -0.4 is 14.2 Å². The second-order valence-corrected chi connectivity index (χ2v) is 10.7. The Morgan fingerprint density at radius 1 is 0.535 bits per heavy atom. The van der Waals surface area contributed by atoms with Crippen LogP contribution in [0.3, 0.4) is 0 Å². The van der Waals surface area contributed by atoms with Crippen LogP contribution in [0.5, 0.6) is 17.2 Å². The molecule has 0 aliphatic rings. The van der Waals surface area contributed by atoms with Gasteiger partial charge in [0.15, 0.2) is 11.5 Å². The van der Waals surface area contributed by atoms with Crippen molar-refractivity contribution in [3.63, 3.8) is 0 Å². The van der Waals surface area contributed by atoms with Gasteiger partial charge in [0.1, 0.15) is 19.8 Å². The van der Waals surface area contributed by atoms with Gasteiger partial charge in [0.05, 0.1) is 5.69 Å². The molecule has 0 amide bonds. The summed E-state index contributed by atoms with van der Waals surface area (Å²) < 4.78 is 21.0. The van der Waals surface area contributed by atoms with Gasteiger partial charge >= 0.3 is 0 Å². The van der Waals surface area contributed by atoms with Gasteiger partial charge in [-0.25, -0.2) is 0 Å². The molecule has 0 fully saturated rings. The van der Waals surface area contributed by atoms with E-state index in [4.69, 9.17) is 14.2 Å². The smallest absolute Gasteiger partial charge is 0.214 e. The van der Waals surface area contributed by atoms with Gasteiger partial charge in [0, 0.05) is 5.75 Å². The molecule has 0 spiro atoms. The molecule has 8 heteroatoms. The molecule has 1 aromatic heterocycles. The third kappa shape index (κ3) is 7.61. The van der Waals surface area contributed by atoms with Crippen LogP contribution in [0.15, 0.2) is 139 Å². The highest BCUT2D eigenvalue weighted by Crippen LogP contribution is 2.41. The van der Waals surface area contributed by atoms with Crippen LogP contribution >= 0.6 is 11.8 Å². The minimum absolute atomic E-state index is 0.379. The molecule has 0 saturated heterocycles. The third-order valence-corrected chi connectivity index (χ3v) is 7.58. The zero-order chi connectivity index (χ0) is 29.1. The average Bonchev–Trinajstić information content (AvgIpc) is 3.55. The lowest BCUT2D eigenvalue weighted by Gasteiger charge is -2.19. The summed E-state index contributed by atoms with van der Waals surface area (Å²) in [6.45, 7) is 1.16. The molecule has 1 heterocycles. The van der Waals surface area contributed by atoms with E-state index in [1.807, 2.05) is 133 Å². The maximum atomic E-state index is 6.42. The number of aromatic nitrogens is 4. The molecule has 0 aliphatic heterocycles. The first-order valence-electron chi connectivity index (χ1n) is 14.0. The number of para-hydroxylation sites is 1. The van der Waals surface area contributed by atoms with Crippen LogP contribution in [0.25, 0.3) is 5.69 Å². The number of thioether (sulfide) groups is 1. The van der Waals surface area contributed by atoms with Gasteiger partial charge in [-0.2, -0.15) is 4.68 Å². The number of benzene rings is 5. The Morgan fingerprint density at radius 3 is 1.51 bits per heavy atom. The molecule has 0 radical (unpaired) electrons. The molecule has 0 aliphatic carbocycles. The van der Waals surface area contributed by atoms with Gasteiger partial charge in [0.25, 0.3) is 0 Å². The third-order valence-electron chi connectivity index (χ3n) is 6.59. The number of tetrazole rings is 1. The molecule has 0 unspecified atom stereocenters. The van der Waals surface area contributed by atoms with E-state index in [0.717, 1.165) is 27.9 Å². The Kier molecular flexibility index (Phi) is 9.27. The Bertz CT molecular complexity index is 1650. The van der Waals surface area contributed by atoms with Crippen molar-refractivity contribution in [2.45, 2.75) is 30.7 Å². The molecular formula is C35H30N4O3S. The Labute approximate surface area is 255 Å². The molecule has 0 N–H and O–H groups in total. The summed E-state index contributed by atoms with van der Waals surface area (Å²) in [5.74, 6) is 2.39. The molecule has 5 aromatic carbocycles. The van der Waals surface area contributed by atoms with Crippen molar-refractivity contribution in [3.8, 4) is 22.9 Å². The quantitative estimate of drug-likeness (QED) is 0.129. The van der Waals surface area contributed by atoms with Crippen molar-refractivity contribution in [2.75, 3.05) is 0 Å². The van der Waals surface area contributed by atoms with E-state index in [1.165, 1.54) is 11.8 Å². The predicted molar refractivity (Wildman–Crippen MR) is 167 cm³/mol. The zero-order valence-electron chi connectivity index (χ0n) is 23.5. The Morgan fingerprint density at radius 2 is 1.00 bits per heavy atom. The zero-order valence-corrected chi connectivity index (χ0v) is 24.3. The number of nitrogens with zero attached hydrogens (tertiary/aromatic N) is 4. The molecule has 214 valence electrons. The monoisotopic (exact) mass is 586 g/mol. The van der Waals surface area contributed by atoms with Gasteiger partial charge in [-0.1, -0.05) is 121 Å². The largest absolute Gasteiger partial charge is 0.485 e. The second-order valence-electron chi connectivity index (χ2n) is 9.74. The molecule has 0 saturated carbocycles. The standard InChI is InChI=1S/C35H30N4O3S/c1-5-13-27(14-6-1)23-40-32-21-30(26-43-35-36-37-38-39(35)31-19-11-4-12-20-31)22-33(41-24-28-15-7-2-8-16-28)34(32)42-25-29-17-9-3-10-18-29/h1-22H,23-26H2. The maximum Gasteiger partial charge on any atom is 0.214 e. The average molecular weight is 587 g/mol. The molecule has 43 heavy (non-hydrogen) atoms. The fourth-order valence-electron chi connectivity index (χ4n) is 4.42. The van der Waals surface area contributed by atoms with Gasteiger partial charge in [-0.15, -0.1) is 5.10 Å².